The Labute approximate surface area is 205 Å². The lowest BCUT2D eigenvalue weighted by molar-refractivity contribution is 0.103. The molecule has 0 aliphatic heterocycles. The van der Waals surface area contributed by atoms with E-state index in [9.17, 15) is 13.2 Å². The molecule has 2 N–H and O–H groups in total. The number of rotatable bonds is 7. The first-order chi connectivity index (χ1) is 16.2. The number of carbonyl (C=O) groups excluding carboxylic acids is 1. The van der Waals surface area contributed by atoms with E-state index in [-0.39, 0.29) is 16.6 Å². The Morgan fingerprint density at radius 3 is 2.47 bits per heavy atom. The third-order valence-electron chi connectivity index (χ3n) is 4.56. The van der Waals surface area contributed by atoms with Crippen molar-refractivity contribution in [2.75, 3.05) is 28.2 Å². The molecule has 9 nitrogen and oxygen atoms in total. The molecule has 4 aromatic rings. The van der Waals surface area contributed by atoms with Gasteiger partial charge in [-0.05, 0) is 42.5 Å². The molecule has 1 amide bonds. The quantitative estimate of drug-likeness (QED) is 0.368. The normalized spacial score (nSPS) is 11.1. The number of hydrogen-bond donors (Lipinski definition) is 2. The Hall–Kier alpha value is -3.54. The highest BCUT2D eigenvalue weighted by molar-refractivity contribution is 7.92. The van der Waals surface area contributed by atoms with Gasteiger partial charge in [-0.3, -0.25) is 14.5 Å². The number of anilines is 4. The van der Waals surface area contributed by atoms with Crippen LogP contribution in [-0.4, -0.2) is 42.6 Å². The molecule has 0 bridgehead atoms. The van der Waals surface area contributed by atoms with Gasteiger partial charge < -0.3 is 10.2 Å². The second-order valence-electron chi connectivity index (χ2n) is 7.24. The summed E-state index contributed by atoms with van der Waals surface area (Å²) in [5.74, 6) is 0.158. The van der Waals surface area contributed by atoms with Crippen molar-refractivity contribution in [2.45, 2.75) is 0 Å². The van der Waals surface area contributed by atoms with Crippen LogP contribution in [0.4, 0.5) is 23.0 Å². The molecule has 0 saturated carbocycles. The summed E-state index contributed by atoms with van der Waals surface area (Å²) < 4.78 is 25.4. The van der Waals surface area contributed by atoms with Gasteiger partial charge in [0.2, 0.25) is 16.0 Å². The maximum atomic E-state index is 12.9. The summed E-state index contributed by atoms with van der Waals surface area (Å²) in [4.78, 5) is 28.2. The lowest BCUT2D eigenvalue weighted by atomic mass is 10.1. The van der Waals surface area contributed by atoms with Gasteiger partial charge in [-0.2, -0.15) is 0 Å². The molecule has 0 fully saturated rings. The van der Waals surface area contributed by atoms with Crippen molar-refractivity contribution in [1.29, 1.82) is 0 Å². The highest BCUT2D eigenvalue weighted by Gasteiger charge is 2.17. The van der Waals surface area contributed by atoms with Crippen LogP contribution in [0.25, 0.3) is 11.3 Å². The maximum Gasteiger partial charge on any atom is 0.265 e. The maximum absolute atomic E-state index is 12.9. The Bertz CT molecular complexity index is 1440. The van der Waals surface area contributed by atoms with Crippen LogP contribution >= 0.6 is 22.9 Å². The number of carbonyl (C=O) groups is 1. The molecule has 0 aliphatic rings. The van der Waals surface area contributed by atoms with Gasteiger partial charge in [-0.1, -0.05) is 11.6 Å². The van der Waals surface area contributed by atoms with E-state index in [0.29, 0.717) is 22.2 Å². The first-order valence-corrected chi connectivity index (χ1v) is 13.0. The zero-order chi connectivity index (χ0) is 24.3. The molecule has 12 heteroatoms. The van der Waals surface area contributed by atoms with Crippen LogP contribution in [0.1, 0.15) is 9.67 Å². The first kappa shape index (κ1) is 23.6. The third-order valence-corrected chi connectivity index (χ3v) is 6.31. The third kappa shape index (κ3) is 5.68. The summed E-state index contributed by atoms with van der Waals surface area (Å²) in [7, 11) is -1.64. The largest absolute Gasteiger partial charge is 0.321 e. The van der Waals surface area contributed by atoms with Gasteiger partial charge in [0.1, 0.15) is 0 Å². The SMILES string of the molecule is CN(c1ncccn1)c1cccnc1-c1csc(C(=O)Nc2cc(Cl)cc(NS(C)(=O)=O)c2)c1. The number of amides is 1. The summed E-state index contributed by atoms with van der Waals surface area (Å²) in [5.41, 5.74) is 2.83. The Morgan fingerprint density at radius 2 is 1.74 bits per heavy atom. The van der Waals surface area contributed by atoms with Gasteiger partial charge in [0.15, 0.2) is 0 Å². The van der Waals surface area contributed by atoms with Crippen molar-refractivity contribution in [3.05, 3.63) is 76.3 Å². The molecular weight excluding hydrogens is 496 g/mol. The molecule has 4 rings (SSSR count). The summed E-state index contributed by atoms with van der Waals surface area (Å²) in [6.07, 6.45) is 6.04. The van der Waals surface area contributed by atoms with E-state index in [4.69, 9.17) is 11.6 Å². The molecule has 0 spiro atoms. The van der Waals surface area contributed by atoms with Gasteiger partial charge in [0, 0.05) is 47.3 Å². The van der Waals surface area contributed by atoms with Crippen LogP contribution in [0.3, 0.4) is 0 Å². The average Bonchev–Trinajstić information content (AvgIpc) is 3.28. The number of thiophene rings is 1. The van der Waals surface area contributed by atoms with Crippen LogP contribution in [-0.2, 0) is 10.0 Å². The highest BCUT2D eigenvalue weighted by atomic mass is 35.5. The molecular formula is C22H19ClN6O3S2. The zero-order valence-electron chi connectivity index (χ0n) is 18.1. The minimum absolute atomic E-state index is 0.251. The predicted octanol–water partition coefficient (Wildman–Crippen LogP) is 4.65. The van der Waals surface area contributed by atoms with Crippen molar-refractivity contribution in [3.63, 3.8) is 0 Å². The second kappa shape index (κ2) is 9.75. The smallest absolute Gasteiger partial charge is 0.265 e. The van der Waals surface area contributed by atoms with E-state index in [2.05, 4.69) is 25.0 Å². The number of halogens is 1. The second-order valence-corrected chi connectivity index (χ2v) is 10.3. The lowest BCUT2D eigenvalue weighted by Gasteiger charge is -2.19. The summed E-state index contributed by atoms with van der Waals surface area (Å²) in [6.45, 7) is 0. The fourth-order valence-corrected chi connectivity index (χ4v) is 4.74. The molecule has 3 aromatic heterocycles. The van der Waals surface area contributed by atoms with Gasteiger partial charge in [0.25, 0.3) is 5.91 Å². The van der Waals surface area contributed by atoms with E-state index in [1.165, 1.54) is 29.5 Å². The number of sulfonamides is 1. The Kier molecular flexibility index (Phi) is 6.77. The molecule has 0 atom stereocenters. The van der Waals surface area contributed by atoms with Crippen LogP contribution in [0.2, 0.25) is 5.02 Å². The van der Waals surface area contributed by atoms with Gasteiger partial charge in [-0.25, -0.2) is 18.4 Å². The molecule has 1 aromatic carbocycles. The molecule has 174 valence electrons. The van der Waals surface area contributed by atoms with E-state index < -0.39 is 10.0 Å². The minimum Gasteiger partial charge on any atom is -0.321 e. The molecule has 0 unspecified atom stereocenters. The first-order valence-electron chi connectivity index (χ1n) is 9.84. The van der Waals surface area contributed by atoms with Crippen molar-refractivity contribution in [2.24, 2.45) is 0 Å². The van der Waals surface area contributed by atoms with Crippen molar-refractivity contribution in [3.8, 4) is 11.3 Å². The monoisotopic (exact) mass is 514 g/mol. The average molecular weight is 515 g/mol. The predicted molar refractivity (Wildman–Crippen MR) is 136 cm³/mol. The van der Waals surface area contributed by atoms with Crippen LogP contribution in [0.5, 0.6) is 0 Å². The fraction of sp³-hybridized carbons (Fsp3) is 0.0909. The molecule has 0 saturated heterocycles. The number of pyridine rings is 1. The molecule has 0 radical (unpaired) electrons. The van der Waals surface area contributed by atoms with Gasteiger partial charge in [0.05, 0.1) is 28.2 Å². The number of hydrogen-bond acceptors (Lipinski definition) is 8. The van der Waals surface area contributed by atoms with E-state index in [1.54, 1.807) is 30.7 Å². The van der Waals surface area contributed by atoms with Crippen molar-refractivity contribution in [1.82, 2.24) is 15.0 Å². The van der Waals surface area contributed by atoms with Crippen LogP contribution < -0.4 is 14.9 Å². The Balaban J connectivity index is 1.58. The highest BCUT2D eigenvalue weighted by Crippen LogP contribution is 2.34. The van der Waals surface area contributed by atoms with Crippen LogP contribution in [0.15, 0.2) is 66.4 Å². The van der Waals surface area contributed by atoms with Gasteiger partial charge in [-0.15, -0.1) is 11.3 Å². The number of nitrogens with zero attached hydrogens (tertiary/aromatic N) is 4. The van der Waals surface area contributed by atoms with E-state index in [0.717, 1.165) is 17.5 Å². The molecule has 34 heavy (non-hydrogen) atoms. The Morgan fingerprint density at radius 1 is 1.03 bits per heavy atom. The molecule has 0 aliphatic carbocycles. The number of aromatic nitrogens is 3. The number of benzene rings is 1. The fourth-order valence-electron chi connectivity index (χ4n) is 3.17. The standard InChI is InChI=1S/C22H19ClN6O3S2/c1-29(22-25-7-4-8-26-22)18-5-3-6-24-20(18)14-9-19(33-13-14)21(30)27-16-10-15(23)11-17(12-16)28-34(2,31)32/h3-13,28H,1-2H3,(H,27,30). The van der Waals surface area contributed by atoms with E-state index >= 15 is 0 Å². The topological polar surface area (TPSA) is 117 Å². The minimum atomic E-state index is -3.49. The molecule has 3 heterocycles. The van der Waals surface area contributed by atoms with Gasteiger partial charge >= 0.3 is 0 Å². The summed E-state index contributed by atoms with van der Waals surface area (Å²) in [6, 6.07) is 11.7. The zero-order valence-corrected chi connectivity index (χ0v) is 20.4. The summed E-state index contributed by atoms with van der Waals surface area (Å²) >= 11 is 7.34. The van der Waals surface area contributed by atoms with Crippen molar-refractivity contribution < 1.29 is 13.2 Å². The van der Waals surface area contributed by atoms with Crippen LogP contribution in [0, 0.1) is 0 Å². The number of nitrogens with one attached hydrogen (secondary N) is 2. The lowest BCUT2D eigenvalue weighted by Crippen LogP contribution is -2.14. The van der Waals surface area contributed by atoms with E-state index in [1.807, 2.05) is 29.5 Å². The van der Waals surface area contributed by atoms with Crippen molar-refractivity contribution >= 4 is 61.9 Å². The summed E-state index contributed by atoms with van der Waals surface area (Å²) in [5, 5.41) is 4.87.